The Bertz CT molecular complexity index is 569. The largest absolute Gasteiger partial charge is 0.389 e. The van der Waals surface area contributed by atoms with Crippen LogP contribution in [-0.2, 0) is 11.2 Å². The van der Waals surface area contributed by atoms with Crippen molar-refractivity contribution < 1.29 is 4.79 Å². The molecule has 0 radical (unpaired) electrons. The lowest BCUT2D eigenvalue weighted by atomic mass is 10.1. The van der Waals surface area contributed by atoms with E-state index < -0.39 is 0 Å². The van der Waals surface area contributed by atoms with Crippen LogP contribution in [0.4, 0.5) is 0 Å². The maximum absolute atomic E-state index is 12.0. The maximum atomic E-state index is 12.0. The first-order valence-electron chi connectivity index (χ1n) is 7.58. The first-order valence-corrected chi connectivity index (χ1v) is 8.37. The number of carbonyl (C=O) groups excluding carboxylic acids is 1. The topological polar surface area (TPSA) is 64.9 Å². The van der Waals surface area contributed by atoms with Crippen LogP contribution in [0.25, 0.3) is 0 Å². The molecule has 0 saturated heterocycles. The smallest absolute Gasteiger partial charge is 0.263 e. The maximum Gasteiger partial charge on any atom is 0.263 e. The molecule has 2 rings (SSSR count). The normalized spacial score (nSPS) is 15.4. The number of nitrogens with zero attached hydrogens (tertiary/aromatic N) is 1. The van der Waals surface area contributed by atoms with Crippen molar-refractivity contribution >= 4 is 21.8 Å². The standard InChI is InChI=1S/C17H20BrN3O/c18-15-7-5-13(6-8-15)9-10-20-12-14(11-19)17(22)21-16-3-1-2-4-16/h5-8,12,16,20H,1-4,9-10H2,(H,21,22)/b14-12-. The minimum atomic E-state index is -0.273. The third kappa shape index (κ3) is 5.19. The van der Waals surface area contributed by atoms with Gasteiger partial charge in [-0.05, 0) is 37.0 Å². The number of halogens is 1. The monoisotopic (exact) mass is 361 g/mol. The second-order valence-electron chi connectivity index (χ2n) is 5.46. The van der Waals surface area contributed by atoms with Crippen molar-refractivity contribution in [3.05, 3.63) is 46.1 Å². The van der Waals surface area contributed by atoms with E-state index in [9.17, 15) is 4.79 Å². The molecule has 4 nitrogen and oxygen atoms in total. The van der Waals surface area contributed by atoms with Gasteiger partial charge in [0.2, 0.25) is 0 Å². The number of hydrogen-bond donors (Lipinski definition) is 2. The fourth-order valence-electron chi connectivity index (χ4n) is 2.52. The highest BCUT2D eigenvalue weighted by atomic mass is 79.9. The van der Waals surface area contributed by atoms with Gasteiger partial charge in [0.1, 0.15) is 11.6 Å². The van der Waals surface area contributed by atoms with E-state index in [0.717, 1.165) is 36.6 Å². The summed E-state index contributed by atoms with van der Waals surface area (Å²) in [5.41, 5.74) is 1.35. The number of nitriles is 1. The van der Waals surface area contributed by atoms with E-state index in [0.29, 0.717) is 6.54 Å². The molecule has 2 N–H and O–H groups in total. The Morgan fingerprint density at radius 1 is 1.32 bits per heavy atom. The highest BCUT2D eigenvalue weighted by Crippen LogP contribution is 2.17. The lowest BCUT2D eigenvalue weighted by molar-refractivity contribution is -0.117. The zero-order valence-electron chi connectivity index (χ0n) is 12.4. The molecule has 116 valence electrons. The summed E-state index contributed by atoms with van der Waals surface area (Å²) in [6, 6.07) is 10.3. The zero-order valence-corrected chi connectivity index (χ0v) is 14.0. The number of nitrogens with one attached hydrogen (secondary N) is 2. The summed E-state index contributed by atoms with van der Waals surface area (Å²) in [7, 11) is 0. The van der Waals surface area contributed by atoms with E-state index in [-0.39, 0.29) is 17.5 Å². The summed E-state index contributed by atoms with van der Waals surface area (Å²) in [6.45, 7) is 0.684. The lowest BCUT2D eigenvalue weighted by Crippen LogP contribution is -2.34. The molecule has 1 amide bonds. The third-order valence-electron chi connectivity index (χ3n) is 3.77. The van der Waals surface area contributed by atoms with Gasteiger partial charge < -0.3 is 10.6 Å². The summed E-state index contributed by atoms with van der Waals surface area (Å²) >= 11 is 3.40. The van der Waals surface area contributed by atoms with Gasteiger partial charge in [-0.25, -0.2) is 0 Å². The van der Waals surface area contributed by atoms with Crippen LogP contribution in [0, 0.1) is 11.3 Å². The van der Waals surface area contributed by atoms with Gasteiger partial charge >= 0.3 is 0 Å². The number of hydrogen-bond acceptors (Lipinski definition) is 3. The van der Waals surface area contributed by atoms with Crippen LogP contribution >= 0.6 is 15.9 Å². The second-order valence-corrected chi connectivity index (χ2v) is 6.37. The van der Waals surface area contributed by atoms with Gasteiger partial charge in [0.05, 0.1) is 0 Å². The van der Waals surface area contributed by atoms with Crippen molar-refractivity contribution in [3.8, 4) is 6.07 Å². The Labute approximate surface area is 139 Å². The van der Waals surface area contributed by atoms with E-state index in [1.165, 1.54) is 11.8 Å². The Morgan fingerprint density at radius 3 is 2.64 bits per heavy atom. The summed E-state index contributed by atoms with van der Waals surface area (Å²) < 4.78 is 1.06. The number of benzene rings is 1. The van der Waals surface area contributed by atoms with Gasteiger partial charge in [-0.2, -0.15) is 5.26 Å². The molecule has 1 saturated carbocycles. The minimum absolute atomic E-state index is 0.141. The molecule has 1 aliphatic carbocycles. The summed E-state index contributed by atoms with van der Waals surface area (Å²) in [4.78, 5) is 12.0. The molecule has 1 fully saturated rings. The molecular weight excluding hydrogens is 342 g/mol. The molecule has 0 aromatic heterocycles. The van der Waals surface area contributed by atoms with Crippen molar-refractivity contribution in [2.24, 2.45) is 0 Å². The van der Waals surface area contributed by atoms with Gasteiger partial charge in [0.25, 0.3) is 5.91 Å². The van der Waals surface area contributed by atoms with Gasteiger partial charge in [0.15, 0.2) is 0 Å². The minimum Gasteiger partial charge on any atom is -0.389 e. The Balaban J connectivity index is 1.77. The van der Waals surface area contributed by atoms with E-state index >= 15 is 0 Å². The Kier molecular flexibility index (Phi) is 6.47. The molecule has 1 aromatic carbocycles. The number of rotatable bonds is 6. The van der Waals surface area contributed by atoms with E-state index in [1.807, 2.05) is 30.3 Å². The van der Waals surface area contributed by atoms with Crippen LogP contribution in [0.15, 0.2) is 40.5 Å². The van der Waals surface area contributed by atoms with Gasteiger partial charge in [-0.15, -0.1) is 0 Å². The van der Waals surface area contributed by atoms with E-state index in [1.54, 1.807) is 0 Å². The van der Waals surface area contributed by atoms with Gasteiger partial charge in [-0.3, -0.25) is 4.79 Å². The van der Waals surface area contributed by atoms with Crippen molar-refractivity contribution in [1.29, 1.82) is 5.26 Å². The summed E-state index contributed by atoms with van der Waals surface area (Å²) in [5, 5.41) is 15.1. The van der Waals surface area contributed by atoms with Gasteiger partial charge in [-0.1, -0.05) is 40.9 Å². The molecule has 0 spiro atoms. The Hall–Kier alpha value is -1.80. The van der Waals surface area contributed by atoms with Crippen molar-refractivity contribution in [3.63, 3.8) is 0 Å². The van der Waals surface area contributed by atoms with E-state index in [2.05, 4.69) is 26.6 Å². The van der Waals surface area contributed by atoms with Crippen LogP contribution < -0.4 is 10.6 Å². The van der Waals surface area contributed by atoms with E-state index in [4.69, 9.17) is 5.26 Å². The quantitative estimate of drug-likeness (QED) is 0.464. The molecule has 0 atom stereocenters. The zero-order chi connectivity index (χ0) is 15.8. The predicted octanol–water partition coefficient (Wildman–Crippen LogP) is 3.05. The average molecular weight is 362 g/mol. The highest BCUT2D eigenvalue weighted by Gasteiger charge is 2.19. The van der Waals surface area contributed by atoms with Crippen molar-refractivity contribution in [1.82, 2.24) is 10.6 Å². The number of amides is 1. The molecule has 0 unspecified atom stereocenters. The lowest BCUT2D eigenvalue weighted by Gasteiger charge is -2.11. The molecule has 1 aromatic rings. The van der Waals surface area contributed by atoms with Crippen LogP contribution in [-0.4, -0.2) is 18.5 Å². The molecule has 5 heteroatoms. The molecule has 0 aliphatic heterocycles. The first kappa shape index (κ1) is 16.6. The van der Waals surface area contributed by atoms with Crippen molar-refractivity contribution in [2.45, 2.75) is 38.1 Å². The van der Waals surface area contributed by atoms with Crippen LogP contribution in [0.2, 0.25) is 0 Å². The van der Waals surface area contributed by atoms with Crippen LogP contribution in [0.1, 0.15) is 31.2 Å². The third-order valence-corrected chi connectivity index (χ3v) is 4.30. The first-order chi connectivity index (χ1) is 10.7. The Morgan fingerprint density at radius 2 is 2.00 bits per heavy atom. The molecule has 22 heavy (non-hydrogen) atoms. The average Bonchev–Trinajstić information content (AvgIpc) is 3.02. The van der Waals surface area contributed by atoms with Gasteiger partial charge in [0, 0.05) is 23.3 Å². The summed E-state index contributed by atoms with van der Waals surface area (Å²) in [6.07, 6.45) is 6.70. The molecule has 0 bridgehead atoms. The summed E-state index contributed by atoms with van der Waals surface area (Å²) in [5.74, 6) is -0.273. The number of carbonyl (C=O) groups is 1. The van der Waals surface area contributed by atoms with Crippen LogP contribution in [0.3, 0.4) is 0 Å². The van der Waals surface area contributed by atoms with Crippen molar-refractivity contribution in [2.75, 3.05) is 6.54 Å². The molecule has 0 heterocycles. The fourth-order valence-corrected chi connectivity index (χ4v) is 2.79. The highest BCUT2D eigenvalue weighted by molar-refractivity contribution is 9.10. The molecular formula is C17H20BrN3O. The van der Waals surface area contributed by atoms with Crippen LogP contribution in [0.5, 0.6) is 0 Å². The predicted molar refractivity (Wildman–Crippen MR) is 89.9 cm³/mol. The SMILES string of the molecule is N#C/C(=C/NCCc1ccc(Br)cc1)C(=O)NC1CCCC1. The second kappa shape index (κ2) is 8.60. The fraction of sp³-hybridized carbons (Fsp3) is 0.412. The molecule has 1 aliphatic rings.